The summed E-state index contributed by atoms with van der Waals surface area (Å²) in [6.07, 6.45) is 5.44. The third-order valence-corrected chi connectivity index (χ3v) is 2.51. The van der Waals surface area contributed by atoms with Crippen LogP contribution in [0.3, 0.4) is 0 Å². The number of nitrogens with two attached hydrogens (primary N) is 1. The Labute approximate surface area is 76.3 Å². The fraction of sp³-hybridized carbons (Fsp3) is 0.636. The molecule has 12 heavy (non-hydrogen) atoms. The molecular weight excluding hydrogens is 146 g/mol. The van der Waals surface area contributed by atoms with E-state index < -0.39 is 0 Å². The first kappa shape index (κ1) is 11.4. The second kappa shape index (κ2) is 3.90. The number of hydrogen-bond donors (Lipinski definition) is 1. The molecule has 2 N–H and O–H groups in total. The van der Waals surface area contributed by atoms with Gasteiger partial charge in [0.1, 0.15) is 0 Å². The fourth-order valence-corrected chi connectivity index (χ4v) is 1.21. The predicted octanol–water partition coefficient (Wildman–Crippen LogP) is 2.88. The molecule has 0 radical (unpaired) electrons. The van der Waals surface area contributed by atoms with E-state index in [-0.39, 0.29) is 11.0 Å². The van der Waals surface area contributed by atoms with E-state index in [2.05, 4.69) is 33.9 Å². The van der Waals surface area contributed by atoms with Gasteiger partial charge in [0.05, 0.1) is 0 Å². The maximum absolute atomic E-state index is 6.25. The largest absolute Gasteiger partial charge is 0.324 e. The molecule has 0 fully saturated rings. The summed E-state index contributed by atoms with van der Waals surface area (Å²) >= 11 is 0. The zero-order valence-electron chi connectivity index (χ0n) is 8.56. The Morgan fingerprint density at radius 2 is 1.42 bits per heavy atom. The Balaban J connectivity index is 4.59. The molecule has 0 heterocycles. The average Bonchev–Trinajstić information content (AvgIpc) is 1.86. The highest BCUT2D eigenvalue weighted by Gasteiger charge is 2.35. The molecule has 0 aromatic rings. The first-order valence-corrected chi connectivity index (χ1v) is 4.38. The summed E-state index contributed by atoms with van der Waals surface area (Å²) in [6.45, 7) is 13.9. The molecule has 0 unspecified atom stereocenters. The van der Waals surface area contributed by atoms with Gasteiger partial charge in [0, 0.05) is 5.54 Å². The third kappa shape index (κ3) is 2.49. The summed E-state index contributed by atoms with van der Waals surface area (Å²) in [5.41, 5.74) is 6.15. The Kier molecular flexibility index (Phi) is 3.72. The molecular formula is C11H21N. The molecule has 70 valence electrons. The van der Waals surface area contributed by atoms with E-state index in [9.17, 15) is 0 Å². The predicted molar refractivity (Wildman–Crippen MR) is 56.0 cm³/mol. The van der Waals surface area contributed by atoms with Crippen LogP contribution in [0, 0.1) is 5.41 Å². The molecule has 0 saturated carbocycles. The summed E-state index contributed by atoms with van der Waals surface area (Å²) in [5.74, 6) is 0. The first-order valence-electron chi connectivity index (χ1n) is 4.38. The number of hydrogen-bond acceptors (Lipinski definition) is 1. The third-order valence-electron chi connectivity index (χ3n) is 2.51. The summed E-state index contributed by atoms with van der Waals surface area (Å²) in [5, 5.41) is 0. The lowest BCUT2D eigenvalue weighted by atomic mass is 9.70. The quantitative estimate of drug-likeness (QED) is 0.640. The molecule has 0 aliphatic carbocycles. The van der Waals surface area contributed by atoms with Gasteiger partial charge >= 0.3 is 0 Å². The Morgan fingerprint density at radius 1 is 1.08 bits per heavy atom. The maximum atomic E-state index is 6.25. The van der Waals surface area contributed by atoms with Crippen molar-refractivity contribution in [3.05, 3.63) is 25.3 Å². The molecule has 1 nitrogen and oxygen atoms in total. The van der Waals surface area contributed by atoms with E-state index in [1.807, 2.05) is 12.2 Å². The molecule has 0 aromatic carbocycles. The Morgan fingerprint density at radius 3 is 1.58 bits per heavy atom. The lowest BCUT2D eigenvalue weighted by molar-refractivity contribution is 0.191. The van der Waals surface area contributed by atoms with E-state index in [1.165, 1.54) is 0 Å². The van der Waals surface area contributed by atoms with Crippen LogP contribution in [0.2, 0.25) is 0 Å². The van der Waals surface area contributed by atoms with Crippen molar-refractivity contribution in [2.45, 2.75) is 39.2 Å². The van der Waals surface area contributed by atoms with Crippen LogP contribution in [-0.2, 0) is 0 Å². The Bertz CT molecular complexity index is 152. The molecule has 0 amide bonds. The highest BCUT2D eigenvalue weighted by molar-refractivity contribution is 5.02. The fourth-order valence-electron chi connectivity index (χ4n) is 1.21. The molecule has 0 aliphatic rings. The van der Waals surface area contributed by atoms with Gasteiger partial charge in [-0.3, -0.25) is 0 Å². The van der Waals surface area contributed by atoms with Crippen LogP contribution in [0.15, 0.2) is 25.3 Å². The standard InChI is InChI=1S/C11H21N/c1-6-8-11(12,9-7-2)10(3,4)5/h6-7H,1-2,8-9,12H2,3-5H3. The van der Waals surface area contributed by atoms with Crippen molar-refractivity contribution in [2.75, 3.05) is 0 Å². The van der Waals surface area contributed by atoms with Crippen LogP contribution in [0.4, 0.5) is 0 Å². The van der Waals surface area contributed by atoms with Crippen LogP contribution in [-0.4, -0.2) is 5.54 Å². The molecule has 0 aromatic heterocycles. The van der Waals surface area contributed by atoms with Crippen molar-refractivity contribution in [3.63, 3.8) is 0 Å². The minimum atomic E-state index is -0.198. The lowest BCUT2D eigenvalue weighted by Crippen LogP contribution is -2.50. The summed E-state index contributed by atoms with van der Waals surface area (Å²) < 4.78 is 0. The van der Waals surface area contributed by atoms with Crippen LogP contribution < -0.4 is 5.73 Å². The molecule has 0 bridgehead atoms. The van der Waals surface area contributed by atoms with Crippen molar-refractivity contribution < 1.29 is 0 Å². The topological polar surface area (TPSA) is 26.0 Å². The summed E-state index contributed by atoms with van der Waals surface area (Å²) in [6, 6.07) is 0. The van der Waals surface area contributed by atoms with Gasteiger partial charge in [0.15, 0.2) is 0 Å². The monoisotopic (exact) mass is 167 g/mol. The van der Waals surface area contributed by atoms with Crippen molar-refractivity contribution in [2.24, 2.45) is 11.1 Å². The van der Waals surface area contributed by atoms with E-state index in [4.69, 9.17) is 5.73 Å². The second-order valence-corrected chi connectivity index (χ2v) is 4.39. The maximum Gasteiger partial charge on any atom is 0.0272 e. The zero-order chi connectivity index (χ0) is 9.83. The Hall–Kier alpha value is -0.560. The molecule has 0 aliphatic heterocycles. The van der Waals surface area contributed by atoms with Gasteiger partial charge < -0.3 is 5.73 Å². The molecule has 1 heteroatoms. The normalized spacial score (nSPS) is 12.7. The van der Waals surface area contributed by atoms with Crippen molar-refractivity contribution in [3.8, 4) is 0 Å². The second-order valence-electron chi connectivity index (χ2n) is 4.39. The van der Waals surface area contributed by atoms with E-state index in [1.54, 1.807) is 0 Å². The van der Waals surface area contributed by atoms with E-state index >= 15 is 0 Å². The SMILES string of the molecule is C=CCC(N)(CC=C)C(C)(C)C. The van der Waals surface area contributed by atoms with Gasteiger partial charge in [0.2, 0.25) is 0 Å². The van der Waals surface area contributed by atoms with E-state index in [0.29, 0.717) is 0 Å². The van der Waals surface area contributed by atoms with Crippen molar-refractivity contribution >= 4 is 0 Å². The smallest absolute Gasteiger partial charge is 0.0272 e. The van der Waals surface area contributed by atoms with Gasteiger partial charge in [0.25, 0.3) is 0 Å². The van der Waals surface area contributed by atoms with Gasteiger partial charge in [-0.2, -0.15) is 0 Å². The molecule has 0 saturated heterocycles. The molecule has 0 atom stereocenters. The van der Waals surface area contributed by atoms with Crippen LogP contribution in [0.5, 0.6) is 0 Å². The van der Waals surface area contributed by atoms with E-state index in [0.717, 1.165) is 12.8 Å². The summed E-state index contributed by atoms with van der Waals surface area (Å²) in [4.78, 5) is 0. The summed E-state index contributed by atoms with van der Waals surface area (Å²) in [7, 11) is 0. The minimum absolute atomic E-state index is 0.0926. The molecule has 0 rings (SSSR count). The number of rotatable bonds is 4. The minimum Gasteiger partial charge on any atom is -0.324 e. The highest BCUT2D eigenvalue weighted by Crippen LogP contribution is 2.34. The van der Waals surface area contributed by atoms with Crippen molar-refractivity contribution in [1.29, 1.82) is 0 Å². The zero-order valence-corrected chi connectivity index (χ0v) is 8.56. The van der Waals surface area contributed by atoms with Gasteiger partial charge in [-0.05, 0) is 18.3 Å². The van der Waals surface area contributed by atoms with Crippen molar-refractivity contribution in [1.82, 2.24) is 0 Å². The van der Waals surface area contributed by atoms with Gasteiger partial charge in [-0.15, -0.1) is 13.2 Å². The van der Waals surface area contributed by atoms with Crippen LogP contribution in [0.1, 0.15) is 33.6 Å². The van der Waals surface area contributed by atoms with Gasteiger partial charge in [-0.25, -0.2) is 0 Å². The average molecular weight is 167 g/mol. The van der Waals surface area contributed by atoms with Crippen LogP contribution in [0.25, 0.3) is 0 Å². The molecule has 0 spiro atoms. The lowest BCUT2D eigenvalue weighted by Gasteiger charge is -2.40. The highest BCUT2D eigenvalue weighted by atomic mass is 14.8. The van der Waals surface area contributed by atoms with Gasteiger partial charge in [-0.1, -0.05) is 32.9 Å². The first-order chi connectivity index (χ1) is 5.37. The van der Waals surface area contributed by atoms with Crippen LogP contribution >= 0.6 is 0 Å².